The molecule has 0 bridgehead atoms. The summed E-state index contributed by atoms with van der Waals surface area (Å²) in [7, 11) is 1.63. The molecule has 3 rings (SSSR count). The molecule has 0 fully saturated rings. The first-order chi connectivity index (χ1) is 10.7. The van der Waals surface area contributed by atoms with E-state index in [1.807, 2.05) is 60.1 Å². The van der Waals surface area contributed by atoms with Gasteiger partial charge in [0.05, 0.1) is 12.8 Å². The summed E-state index contributed by atoms with van der Waals surface area (Å²) in [6, 6.07) is 11.4. The van der Waals surface area contributed by atoms with E-state index in [2.05, 4.69) is 10.3 Å². The van der Waals surface area contributed by atoms with Gasteiger partial charge in [-0.15, -0.1) is 0 Å². The van der Waals surface area contributed by atoms with Gasteiger partial charge in [0, 0.05) is 30.1 Å². The highest BCUT2D eigenvalue weighted by atomic mass is 16.5. The topological polar surface area (TPSA) is 55.6 Å². The lowest BCUT2D eigenvalue weighted by Gasteiger charge is -2.03. The third-order valence-electron chi connectivity index (χ3n) is 3.45. The maximum atomic E-state index is 11.4. The van der Waals surface area contributed by atoms with Crippen LogP contribution in [-0.2, 0) is 4.79 Å². The fraction of sp³-hybridized carbons (Fsp3) is 0.176. The fourth-order valence-electron chi connectivity index (χ4n) is 2.26. The van der Waals surface area contributed by atoms with Crippen LogP contribution in [-0.4, -0.2) is 22.4 Å². The molecule has 1 amide bonds. The molecule has 0 unspecified atom stereocenters. The number of methoxy groups -OCH3 is 1. The zero-order chi connectivity index (χ0) is 15.5. The predicted molar refractivity (Wildman–Crippen MR) is 86.1 cm³/mol. The van der Waals surface area contributed by atoms with Crippen molar-refractivity contribution in [1.29, 1.82) is 0 Å². The van der Waals surface area contributed by atoms with Gasteiger partial charge in [0.25, 0.3) is 0 Å². The number of anilines is 1. The normalized spacial score (nSPS) is 10.6. The lowest BCUT2D eigenvalue weighted by Crippen LogP contribution is -2.08. The summed E-state index contributed by atoms with van der Waals surface area (Å²) in [6.45, 7) is 1.83. The number of imidazole rings is 1. The summed E-state index contributed by atoms with van der Waals surface area (Å²) in [5.41, 5.74) is 3.42. The second-order valence-corrected chi connectivity index (χ2v) is 4.91. The minimum absolute atomic E-state index is 0.00483. The maximum absolute atomic E-state index is 11.4. The number of fused-ring (bicyclic) bond motifs is 1. The first kappa shape index (κ1) is 14.1. The Morgan fingerprint density at radius 2 is 2.05 bits per heavy atom. The van der Waals surface area contributed by atoms with E-state index in [1.54, 1.807) is 7.11 Å². The maximum Gasteiger partial charge on any atom is 0.224 e. The highest BCUT2D eigenvalue weighted by Crippen LogP contribution is 2.25. The number of hydrogen-bond donors (Lipinski definition) is 1. The molecule has 22 heavy (non-hydrogen) atoms. The summed E-state index contributed by atoms with van der Waals surface area (Å²) in [4.78, 5) is 16.0. The molecule has 0 saturated heterocycles. The monoisotopic (exact) mass is 295 g/mol. The van der Waals surface area contributed by atoms with Crippen LogP contribution in [0.4, 0.5) is 5.69 Å². The van der Waals surface area contributed by atoms with Crippen molar-refractivity contribution in [3.63, 3.8) is 0 Å². The lowest BCUT2D eigenvalue weighted by molar-refractivity contribution is -0.115. The van der Waals surface area contributed by atoms with E-state index >= 15 is 0 Å². The predicted octanol–water partition coefficient (Wildman–Crippen LogP) is 3.36. The molecule has 0 atom stereocenters. The second kappa shape index (κ2) is 5.89. The summed E-state index contributed by atoms with van der Waals surface area (Å²) >= 11 is 0. The zero-order valence-electron chi connectivity index (χ0n) is 12.5. The number of carbonyl (C=O) groups is 1. The Hall–Kier alpha value is -2.82. The van der Waals surface area contributed by atoms with Crippen LogP contribution in [0.1, 0.15) is 13.3 Å². The summed E-state index contributed by atoms with van der Waals surface area (Å²) < 4.78 is 7.25. The van der Waals surface area contributed by atoms with Gasteiger partial charge in [-0.3, -0.25) is 4.79 Å². The SMILES string of the molecule is CCC(=O)Nc1ccc(-c2cn3cccc(OC)c3n2)cc1. The zero-order valence-corrected chi connectivity index (χ0v) is 12.5. The van der Waals surface area contributed by atoms with E-state index in [-0.39, 0.29) is 5.91 Å². The Morgan fingerprint density at radius 3 is 2.73 bits per heavy atom. The number of ether oxygens (including phenoxy) is 1. The van der Waals surface area contributed by atoms with E-state index < -0.39 is 0 Å². The van der Waals surface area contributed by atoms with Crippen LogP contribution in [0, 0.1) is 0 Å². The van der Waals surface area contributed by atoms with Crippen molar-refractivity contribution < 1.29 is 9.53 Å². The van der Waals surface area contributed by atoms with Crippen LogP contribution < -0.4 is 10.1 Å². The molecule has 3 aromatic rings. The fourth-order valence-corrected chi connectivity index (χ4v) is 2.26. The Bertz CT molecular complexity index is 806. The molecular weight excluding hydrogens is 278 g/mol. The van der Waals surface area contributed by atoms with Crippen LogP contribution in [0.15, 0.2) is 48.8 Å². The molecular formula is C17H17N3O2. The molecule has 112 valence electrons. The third kappa shape index (κ3) is 2.65. The van der Waals surface area contributed by atoms with Crippen LogP contribution >= 0.6 is 0 Å². The number of hydrogen-bond acceptors (Lipinski definition) is 3. The number of pyridine rings is 1. The van der Waals surface area contributed by atoms with Crippen LogP contribution in [0.2, 0.25) is 0 Å². The van der Waals surface area contributed by atoms with Crippen LogP contribution in [0.25, 0.3) is 16.9 Å². The first-order valence-electron chi connectivity index (χ1n) is 7.13. The Morgan fingerprint density at radius 1 is 1.27 bits per heavy atom. The minimum Gasteiger partial charge on any atom is -0.493 e. The minimum atomic E-state index is 0.00483. The molecule has 0 aliphatic rings. The van der Waals surface area contributed by atoms with Gasteiger partial charge in [0.1, 0.15) is 0 Å². The van der Waals surface area contributed by atoms with Gasteiger partial charge >= 0.3 is 0 Å². The van der Waals surface area contributed by atoms with E-state index in [0.717, 1.165) is 28.3 Å². The molecule has 0 saturated carbocycles. The number of aromatic nitrogens is 2. The Kier molecular flexibility index (Phi) is 3.78. The molecule has 0 aliphatic carbocycles. The highest BCUT2D eigenvalue weighted by Gasteiger charge is 2.08. The summed E-state index contributed by atoms with van der Waals surface area (Å²) in [5, 5.41) is 2.83. The van der Waals surface area contributed by atoms with Crippen molar-refractivity contribution >= 4 is 17.2 Å². The van der Waals surface area contributed by atoms with Gasteiger partial charge in [0.2, 0.25) is 5.91 Å². The van der Waals surface area contributed by atoms with Crippen molar-refractivity contribution in [1.82, 2.24) is 9.38 Å². The number of nitrogens with zero attached hydrogens (tertiary/aromatic N) is 2. The molecule has 2 aromatic heterocycles. The summed E-state index contributed by atoms with van der Waals surface area (Å²) in [5.74, 6) is 0.741. The van der Waals surface area contributed by atoms with Crippen molar-refractivity contribution in [3.8, 4) is 17.0 Å². The molecule has 1 N–H and O–H groups in total. The molecule has 5 nitrogen and oxygen atoms in total. The molecule has 1 aromatic carbocycles. The first-order valence-corrected chi connectivity index (χ1v) is 7.13. The van der Waals surface area contributed by atoms with Gasteiger partial charge in [-0.05, 0) is 24.3 Å². The largest absolute Gasteiger partial charge is 0.493 e. The molecule has 0 radical (unpaired) electrons. The molecule has 0 aliphatic heterocycles. The number of benzene rings is 1. The quantitative estimate of drug-likeness (QED) is 0.803. The van der Waals surface area contributed by atoms with Crippen LogP contribution in [0.5, 0.6) is 5.75 Å². The number of rotatable bonds is 4. The van der Waals surface area contributed by atoms with Gasteiger partial charge < -0.3 is 14.5 Å². The van der Waals surface area contributed by atoms with Gasteiger partial charge in [0.15, 0.2) is 11.4 Å². The summed E-state index contributed by atoms with van der Waals surface area (Å²) in [6.07, 6.45) is 4.36. The van der Waals surface area contributed by atoms with Gasteiger partial charge in [-0.25, -0.2) is 4.98 Å². The van der Waals surface area contributed by atoms with Crippen molar-refractivity contribution in [2.24, 2.45) is 0 Å². The Labute approximate surface area is 128 Å². The standard InChI is InChI=1S/C17H17N3O2/c1-3-16(21)18-13-8-6-12(7-9-13)14-11-20-10-4-5-15(22-2)17(20)19-14/h4-11H,3H2,1-2H3,(H,18,21). The van der Waals surface area contributed by atoms with E-state index in [9.17, 15) is 4.79 Å². The Balaban J connectivity index is 1.92. The van der Waals surface area contributed by atoms with Crippen molar-refractivity contribution in [3.05, 3.63) is 48.8 Å². The van der Waals surface area contributed by atoms with Gasteiger partial charge in [-0.2, -0.15) is 0 Å². The van der Waals surface area contributed by atoms with E-state index in [0.29, 0.717) is 6.42 Å². The smallest absolute Gasteiger partial charge is 0.224 e. The average molecular weight is 295 g/mol. The number of amides is 1. The van der Waals surface area contributed by atoms with Crippen molar-refractivity contribution in [2.45, 2.75) is 13.3 Å². The van der Waals surface area contributed by atoms with E-state index in [4.69, 9.17) is 4.74 Å². The van der Waals surface area contributed by atoms with Crippen LogP contribution in [0.3, 0.4) is 0 Å². The molecule has 5 heteroatoms. The van der Waals surface area contributed by atoms with Crippen molar-refractivity contribution in [2.75, 3.05) is 12.4 Å². The molecule has 2 heterocycles. The van der Waals surface area contributed by atoms with Gasteiger partial charge in [-0.1, -0.05) is 19.1 Å². The third-order valence-corrected chi connectivity index (χ3v) is 3.45. The average Bonchev–Trinajstić information content (AvgIpc) is 2.99. The van der Waals surface area contributed by atoms with E-state index in [1.165, 1.54) is 0 Å². The lowest BCUT2D eigenvalue weighted by atomic mass is 10.1. The highest BCUT2D eigenvalue weighted by molar-refractivity contribution is 5.90. The number of carbonyl (C=O) groups excluding carboxylic acids is 1. The second-order valence-electron chi connectivity index (χ2n) is 4.91. The number of nitrogens with one attached hydrogen (secondary N) is 1. The molecule has 0 spiro atoms.